The van der Waals surface area contributed by atoms with Gasteiger partial charge in [-0.25, -0.2) is 0 Å². The van der Waals surface area contributed by atoms with Gasteiger partial charge in [-0.1, -0.05) is 69.2 Å². The van der Waals surface area contributed by atoms with E-state index in [-0.39, 0.29) is 19.3 Å². The molecule has 2 fully saturated rings. The van der Waals surface area contributed by atoms with Crippen LogP contribution in [0, 0.1) is 11.3 Å². The Morgan fingerprint density at radius 3 is 2.58 bits per heavy atom. The maximum atomic E-state index is 6.35. The predicted molar refractivity (Wildman–Crippen MR) is 101 cm³/mol. The lowest BCUT2D eigenvalue weighted by Crippen LogP contribution is -2.36. The molecule has 1 saturated heterocycles. The number of allylic oxidation sites excluding steroid dienone is 2. The molecule has 3 aliphatic rings. The first-order chi connectivity index (χ1) is 11.6. The van der Waals surface area contributed by atoms with Gasteiger partial charge in [0.25, 0.3) is 0 Å². The molecule has 4 atom stereocenters. The maximum Gasteiger partial charge on any atom is 0.494 e. The zero-order chi connectivity index (χ0) is 17.2. The molecule has 1 aromatic carbocycles. The lowest BCUT2D eigenvalue weighted by atomic mass is 9.74. The van der Waals surface area contributed by atoms with Crippen molar-refractivity contribution in [1.82, 2.24) is 0 Å². The Morgan fingerprint density at radius 2 is 1.88 bits per heavy atom. The van der Waals surface area contributed by atoms with Crippen LogP contribution in [0.4, 0.5) is 0 Å². The summed E-state index contributed by atoms with van der Waals surface area (Å²) in [5, 5.41) is 0. The number of rotatable bonds is 1. The number of fused-ring (bicyclic) bond motifs is 3. The Morgan fingerprint density at radius 1 is 1.17 bits per heavy atom. The smallest absolute Gasteiger partial charge is 0.402 e. The van der Waals surface area contributed by atoms with Crippen molar-refractivity contribution < 1.29 is 9.31 Å². The third-order valence-corrected chi connectivity index (χ3v) is 5.74. The molecule has 2 aliphatic carbocycles. The fourth-order valence-corrected chi connectivity index (χ4v) is 4.43. The third kappa shape index (κ3) is 3.48. The fourth-order valence-electron chi connectivity index (χ4n) is 4.43. The van der Waals surface area contributed by atoms with E-state index in [1.165, 1.54) is 25.7 Å². The van der Waals surface area contributed by atoms with Crippen LogP contribution in [-0.2, 0) is 9.31 Å². The molecule has 1 saturated carbocycles. The zero-order valence-electron chi connectivity index (χ0n) is 15.6. The van der Waals surface area contributed by atoms with Gasteiger partial charge in [-0.05, 0) is 49.4 Å². The summed E-state index contributed by atoms with van der Waals surface area (Å²) in [4.78, 5) is 0. The van der Waals surface area contributed by atoms with Crippen molar-refractivity contribution in [2.45, 2.75) is 72.0 Å². The fraction of sp³-hybridized carbons (Fsp3) is 0.619. The Bertz CT molecular complexity index is 570. The summed E-state index contributed by atoms with van der Waals surface area (Å²) in [6, 6.07) is 10.3. The standard InChI is InChI=1S/C18H23BO2.C3H8/c1-13-8-9-15-17-16(12-18(15,2)11-10-13)20-19(21-17)14-6-4-3-5-7-14;1-3-2/h3-7,10,15-17H,8-9,11-12H2,1-2H3;3H2,1-2H3/t15?,16-,17+,18-;/m0./s1. The van der Waals surface area contributed by atoms with Crippen molar-refractivity contribution in [2.24, 2.45) is 11.3 Å². The van der Waals surface area contributed by atoms with Crippen LogP contribution in [0.5, 0.6) is 0 Å². The van der Waals surface area contributed by atoms with Crippen LogP contribution in [0.1, 0.15) is 59.8 Å². The van der Waals surface area contributed by atoms with Gasteiger partial charge >= 0.3 is 7.12 Å². The second-order valence-corrected chi connectivity index (χ2v) is 7.98. The number of hydrogen-bond donors (Lipinski definition) is 0. The summed E-state index contributed by atoms with van der Waals surface area (Å²) in [5.41, 5.74) is 3.05. The molecular weight excluding hydrogens is 295 g/mol. The summed E-state index contributed by atoms with van der Waals surface area (Å²) in [5.74, 6) is 0.630. The molecule has 4 rings (SSSR count). The molecule has 130 valence electrons. The van der Waals surface area contributed by atoms with E-state index in [9.17, 15) is 0 Å². The molecule has 1 unspecified atom stereocenters. The van der Waals surface area contributed by atoms with Crippen molar-refractivity contribution in [3.05, 3.63) is 42.0 Å². The van der Waals surface area contributed by atoms with Gasteiger partial charge < -0.3 is 9.31 Å². The quantitative estimate of drug-likeness (QED) is 0.548. The molecule has 3 heteroatoms. The molecule has 1 aromatic rings. The van der Waals surface area contributed by atoms with Crippen molar-refractivity contribution in [3.63, 3.8) is 0 Å². The van der Waals surface area contributed by atoms with Crippen LogP contribution in [0.15, 0.2) is 42.0 Å². The molecule has 0 N–H and O–H groups in total. The topological polar surface area (TPSA) is 18.5 Å². The molecule has 24 heavy (non-hydrogen) atoms. The van der Waals surface area contributed by atoms with Crippen LogP contribution in [0.25, 0.3) is 0 Å². The van der Waals surface area contributed by atoms with Crippen LogP contribution in [0.2, 0.25) is 0 Å². The molecule has 0 spiro atoms. The van der Waals surface area contributed by atoms with Crippen LogP contribution in [0.3, 0.4) is 0 Å². The largest absolute Gasteiger partial charge is 0.494 e. The average molecular weight is 326 g/mol. The van der Waals surface area contributed by atoms with E-state index >= 15 is 0 Å². The highest BCUT2D eigenvalue weighted by atomic mass is 16.7. The van der Waals surface area contributed by atoms with E-state index in [0.717, 1.165) is 11.9 Å². The molecule has 0 amide bonds. The highest BCUT2D eigenvalue weighted by Gasteiger charge is 2.56. The number of hydrogen-bond acceptors (Lipinski definition) is 2. The van der Waals surface area contributed by atoms with Crippen molar-refractivity contribution in [2.75, 3.05) is 0 Å². The van der Waals surface area contributed by atoms with E-state index in [4.69, 9.17) is 9.31 Å². The zero-order valence-corrected chi connectivity index (χ0v) is 15.6. The third-order valence-electron chi connectivity index (χ3n) is 5.74. The molecule has 2 nitrogen and oxygen atoms in total. The van der Waals surface area contributed by atoms with Crippen LogP contribution < -0.4 is 5.46 Å². The SMILES string of the molecule is CC1=CC[C@@]2(C)C[C@@H]3OB(c4ccccc4)O[C@@H]3C2CC1.CCC. The maximum absolute atomic E-state index is 6.35. The molecule has 1 aliphatic heterocycles. The van der Waals surface area contributed by atoms with Gasteiger partial charge in [0.15, 0.2) is 0 Å². The molecule has 1 heterocycles. The molecule has 0 bridgehead atoms. The van der Waals surface area contributed by atoms with Crippen molar-refractivity contribution in [3.8, 4) is 0 Å². The van der Waals surface area contributed by atoms with Crippen molar-refractivity contribution >= 4 is 12.6 Å². The summed E-state index contributed by atoms with van der Waals surface area (Å²) < 4.78 is 12.6. The highest BCUT2D eigenvalue weighted by Crippen LogP contribution is 2.54. The van der Waals surface area contributed by atoms with Gasteiger partial charge in [0.1, 0.15) is 0 Å². The van der Waals surface area contributed by atoms with Gasteiger partial charge in [0.05, 0.1) is 12.2 Å². The Hall–Kier alpha value is -1.06. The van der Waals surface area contributed by atoms with E-state index in [1.54, 1.807) is 5.57 Å². The van der Waals surface area contributed by atoms with Gasteiger partial charge in [-0.3, -0.25) is 0 Å². The second kappa shape index (κ2) is 7.45. The average Bonchev–Trinajstić information content (AvgIpc) is 3.03. The molecule has 0 radical (unpaired) electrons. The normalized spacial score (nSPS) is 34.6. The van der Waals surface area contributed by atoms with Gasteiger partial charge in [0.2, 0.25) is 0 Å². The summed E-state index contributed by atoms with van der Waals surface area (Å²) >= 11 is 0. The summed E-state index contributed by atoms with van der Waals surface area (Å²) in [6.07, 6.45) is 9.01. The minimum absolute atomic E-state index is 0.164. The first-order valence-corrected chi connectivity index (χ1v) is 9.59. The van der Waals surface area contributed by atoms with E-state index in [0.29, 0.717) is 11.3 Å². The van der Waals surface area contributed by atoms with E-state index in [1.807, 2.05) is 6.07 Å². The molecule has 0 aromatic heterocycles. The second-order valence-electron chi connectivity index (χ2n) is 7.98. The first-order valence-electron chi connectivity index (χ1n) is 9.59. The Labute approximate surface area is 147 Å². The lowest BCUT2D eigenvalue weighted by Gasteiger charge is -2.32. The minimum Gasteiger partial charge on any atom is -0.402 e. The molecular formula is C21H31BO2. The minimum atomic E-state index is -0.164. The van der Waals surface area contributed by atoms with Gasteiger partial charge in [-0.15, -0.1) is 0 Å². The summed E-state index contributed by atoms with van der Waals surface area (Å²) in [6.45, 7) is 8.94. The lowest BCUT2D eigenvalue weighted by molar-refractivity contribution is 0.110. The Balaban J connectivity index is 0.000000526. The predicted octanol–water partition coefficient (Wildman–Crippen LogP) is 4.74. The van der Waals surface area contributed by atoms with E-state index in [2.05, 4.69) is 58.0 Å². The van der Waals surface area contributed by atoms with Gasteiger partial charge in [-0.2, -0.15) is 0 Å². The van der Waals surface area contributed by atoms with Crippen LogP contribution >= 0.6 is 0 Å². The first kappa shape index (κ1) is 17.8. The highest BCUT2D eigenvalue weighted by molar-refractivity contribution is 6.61. The van der Waals surface area contributed by atoms with Gasteiger partial charge in [0, 0.05) is 0 Å². The van der Waals surface area contributed by atoms with Crippen molar-refractivity contribution in [1.29, 1.82) is 0 Å². The summed E-state index contributed by atoms with van der Waals surface area (Å²) in [7, 11) is -0.164. The number of benzene rings is 1. The monoisotopic (exact) mass is 326 g/mol. The van der Waals surface area contributed by atoms with E-state index < -0.39 is 0 Å². The Kier molecular flexibility index (Phi) is 5.51. The van der Waals surface area contributed by atoms with Crippen LogP contribution in [-0.4, -0.2) is 19.3 Å².